The molecule has 2 atom stereocenters. The lowest BCUT2D eigenvalue weighted by molar-refractivity contribution is 0.559. The first-order valence-electron chi connectivity index (χ1n) is 8.72. The van der Waals surface area contributed by atoms with Crippen molar-refractivity contribution in [2.75, 3.05) is 5.75 Å². The van der Waals surface area contributed by atoms with Crippen molar-refractivity contribution in [1.29, 1.82) is 0 Å². The molecule has 0 N–H and O–H groups in total. The molecule has 1 aromatic heterocycles. The minimum atomic E-state index is 0.265. The van der Waals surface area contributed by atoms with Gasteiger partial charge in [0.1, 0.15) is 0 Å². The lowest BCUT2D eigenvalue weighted by atomic mass is 10.1. The van der Waals surface area contributed by atoms with Crippen LogP contribution in [0.25, 0.3) is 0 Å². The second-order valence-electron chi connectivity index (χ2n) is 6.38. The van der Waals surface area contributed by atoms with Crippen molar-refractivity contribution in [3.63, 3.8) is 0 Å². The SMILES string of the molecule is CCC1CCSC(CCCc2ccccc2Cl)(Cn2ccnc2)S1. The first-order valence-corrected chi connectivity index (χ1v) is 11.0. The number of nitrogens with zero attached hydrogens (tertiary/aromatic N) is 2. The number of hydrogen-bond donors (Lipinski definition) is 0. The molecule has 1 aliphatic heterocycles. The van der Waals surface area contributed by atoms with Gasteiger partial charge in [0, 0.05) is 29.2 Å². The molecule has 2 heterocycles. The largest absolute Gasteiger partial charge is 0.335 e. The molecule has 0 aliphatic carbocycles. The first kappa shape index (κ1) is 18.2. The predicted molar refractivity (Wildman–Crippen MR) is 108 cm³/mol. The average molecular weight is 381 g/mol. The number of imidazole rings is 1. The van der Waals surface area contributed by atoms with Crippen molar-refractivity contribution in [2.24, 2.45) is 0 Å². The maximum atomic E-state index is 6.32. The predicted octanol–water partition coefficient (Wildman–Crippen LogP) is 5.90. The summed E-state index contributed by atoms with van der Waals surface area (Å²) in [6, 6.07) is 8.24. The van der Waals surface area contributed by atoms with E-state index in [1.807, 2.05) is 24.7 Å². The van der Waals surface area contributed by atoms with Crippen LogP contribution in [0.4, 0.5) is 0 Å². The number of aryl methyl sites for hydroxylation is 1. The number of rotatable bonds is 7. The van der Waals surface area contributed by atoms with E-state index in [0.717, 1.165) is 23.2 Å². The summed E-state index contributed by atoms with van der Waals surface area (Å²) in [5.74, 6) is 1.27. The Bertz CT molecular complexity index is 632. The van der Waals surface area contributed by atoms with Crippen molar-refractivity contribution in [3.05, 3.63) is 53.6 Å². The van der Waals surface area contributed by atoms with E-state index in [-0.39, 0.29) is 4.08 Å². The van der Waals surface area contributed by atoms with E-state index >= 15 is 0 Å². The fraction of sp³-hybridized carbons (Fsp3) is 0.526. The van der Waals surface area contributed by atoms with Crippen LogP contribution in [0.5, 0.6) is 0 Å². The molecule has 2 unspecified atom stereocenters. The van der Waals surface area contributed by atoms with Gasteiger partial charge in [0.05, 0.1) is 10.4 Å². The van der Waals surface area contributed by atoms with Crippen LogP contribution in [0, 0.1) is 0 Å². The molecule has 0 spiro atoms. The zero-order valence-electron chi connectivity index (χ0n) is 14.2. The van der Waals surface area contributed by atoms with Crippen LogP contribution in [0.1, 0.15) is 38.2 Å². The molecule has 1 fully saturated rings. The Morgan fingerprint density at radius 1 is 1.38 bits per heavy atom. The summed E-state index contributed by atoms with van der Waals surface area (Å²) in [5, 5.41) is 1.69. The molecule has 0 saturated carbocycles. The van der Waals surface area contributed by atoms with Gasteiger partial charge in [-0.15, -0.1) is 23.5 Å². The molecule has 0 bridgehead atoms. The maximum absolute atomic E-state index is 6.32. The monoisotopic (exact) mass is 380 g/mol. The zero-order chi connectivity index (χ0) is 16.8. The van der Waals surface area contributed by atoms with Crippen molar-refractivity contribution < 1.29 is 0 Å². The molecule has 0 radical (unpaired) electrons. The summed E-state index contributed by atoms with van der Waals surface area (Å²) in [6.45, 7) is 3.36. The first-order chi connectivity index (χ1) is 11.7. The zero-order valence-corrected chi connectivity index (χ0v) is 16.5. The van der Waals surface area contributed by atoms with Gasteiger partial charge in [0.25, 0.3) is 0 Å². The number of halogens is 1. The van der Waals surface area contributed by atoms with Crippen LogP contribution in [0.15, 0.2) is 43.0 Å². The van der Waals surface area contributed by atoms with Gasteiger partial charge in [-0.1, -0.05) is 36.7 Å². The number of hydrogen-bond acceptors (Lipinski definition) is 3. The molecule has 3 rings (SSSR count). The van der Waals surface area contributed by atoms with E-state index < -0.39 is 0 Å². The van der Waals surface area contributed by atoms with E-state index in [9.17, 15) is 0 Å². The Kier molecular flexibility index (Phi) is 6.59. The third-order valence-corrected chi connectivity index (χ3v) is 8.56. The molecule has 0 amide bonds. The summed E-state index contributed by atoms with van der Waals surface area (Å²) >= 11 is 10.7. The summed E-state index contributed by atoms with van der Waals surface area (Å²) in [5.41, 5.74) is 1.27. The number of thioether (sulfide) groups is 2. The van der Waals surface area contributed by atoms with Gasteiger partial charge in [-0.2, -0.15) is 0 Å². The molecule has 1 aromatic carbocycles. The highest BCUT2D eigenvalue weighted by atomic mass is 35.5. The molecule has 1 saturated heterocycles. The van der Waals surface area contributed by atoms with Gasteiger partial charge in [0.15, 0.2) is 0 Å². The summed E-state index contributed by atoms with van der Waals surface area (Å²) < 4.78 is 2.51. The van der Waals surface area contributed by atoms with E-state index in [1.165, 1.54) is 37.0 Å². The van der Waals surface area contributed by atoms with E-state index in [1.54, 1.807) is 0 Å². The third kappa shape index (κ3) is 4.74. The lowest BCUT2D eigenvalue weighted by Gasteiger charge is -2.40. The van der Waals surface area contributed by atoms with E-state index in [0.29, 0.717) is 0 Å². The molecule has 2 aromatic rings. The van der Waals surface area contributed by atoms with Crippen molar-refractivity contribution in [2.45, 2.75) is 54.9 Å². The summed E-state index contributed by atoms with van der Waals surface area (Å²) in [7, 11) is 0. The maximum Gasteiger partial charge on any atom is 0.0946 e. The quantitative estimate of drug-likeness (QED) is 0.595. The summed E-state index contributed by atoms with van der Waals surface area (Å²) in [4.78, 5) is 4.22. The fourth-order valence-corrected chi connectivity index (χ4v) is 7.37. The Labute approximate surface area is 158 Å². The average Bonchev–Trinajstić information content (AvgIpc) is 3.09. The van der Waals surface area contributed by atoms with Crippen LogP contribution in [-0.2, 0) is 13.0 Å². The highest BCUT2D eigenvalue weighted by Crippen LogP contribution is 2.50. The lowest BCUT2D eigenvalue weighted by Crippen LogP contribution is -2.33. The van der Waals surface area contributed by atoms with Crippen molar-refractivity contribution >= 4 is 35.1 Å². The molecule has 24 heavy (non-hydrogen) atoms. The molecule has 130 valence electrons. The molecular formula is C19H25ClN2S2. The van der Waals surface area contributed by atoms with E-state index in [4.69, 9.17) is 11.6 Å². The fourth-order valence-electron chi connectivity index (χ4n) is 3.26. The Hall–Kier alpha value is -0.580. The second kappa shape index (κ2) is 8.68. The number of aromatic nitrogens is 2. The minimum absolute atomic E-state index is 0.265. The van der Waals surface area contributed by atoms with E-state index in [2.05, 4.69) is 58.3 Å². The van der Waals surface area contributed by atoms with Gasteiger partial charge < -0.3 is 4.57 Å². The van der Waals surface area contributed by atoms with Crippen molar-refractivity contribution in [3.8, 4) is 0 Å². The van der Waals surface area contributed by atoms with Gasteiger partial charge in [0.2, 0.25) is 0 Å². The standard InChI is InChI=1S/C19H25ClN2S2/c1-2-17-9-13-23-19(24-17,14-22-12-11-21-15-22)10-5-7-16-6-3-4-8-18(16)20/h3-4,6,8,11-12,15,17H,2,5,7,9-10,13-14H2,1H3. The highest BCUT2D eigenvalue weighted by Gasteiger charge is 2.37. The minimum Gasteiger partial charge on any atom is -0.335 e. The smallest absolute Gasteiger partial charge is 0.0946 e. The normalized spacial score (nSPS) is 24.2. The van der Waals surface area contributed by atoms with Crippen molar-refractivity contribution in [1.82, 2.24) is 9.55 Å². The van der Waals surface area contributed by atoms with Gasteiger partial charge in [-0.3, -0.25) is 0 Å². The Morgan fingerprint density at radius 2 is 2.25 bits per heavy atom. The molecule has 1 aliphatic rings. The van der Waals surface area contributed by atoms with Crippen LogP contribution >= 0.6 is 35.1 Å². The molecule has 5 heteroatoms. The van der Waals surface area contributed by atoms with Crippen LogP contribution in [-0.4, -0.2) is 24.6 Å². The van der Waals surface area contributed by atoms with Crippen LogP contribution < -0.4 is 0 Å². The Balaban J connectivity index is 1.66. The molecular weight excluding hydrogens is 356 g/mol. The van der Waals surface area contributed by atoms with Gasteiger partial charge >= 0.3 is 0 Å². The Morgan fingerprint density at radius 3 is 3.00 bits per heavy atom. The third-order valence-electron chi connectivity index (χ3n) is 4.59. The van der Waals surface area contributed by atoms with Crippen LogP contribution in [0.2, 0.25) is 5.02 Å². The number of benzene rings is 1. The van der Waals surface area contributed by atoms with Gasteiger partial charge in [-0.25, -0.2) is 4.98 Å². The topological polar surface area (TPSA) is 17.8 Å². The highest BCUT2D eigenvalue weighted by molar-refractivity contribution is 8.19. The van der Waals surface area contributed by atoms with Gasteiger partial charge in [-0.05, 0) is 49.5 Å². The second-order valence-corrected chi connectivity index (χ2v) is 10.2. The van der Waals surface area contributed by atoms with Crippen LogP contribution in [0.3, 0.4) is 0 Å². The summed E-state index contributed by atoms with van der Waals surface area (Å²) in [6.07, 6.45) is 12.0. The molecule has 2 nitrogen and oxygen atoms in total.